The van der Waals surface area contributed by atoms with Crippen molar-refractivity contribution in [1.29, 1.82) is 0 Å². The number of aromatic nitrogens is 5. The van der Waals surface area contributed by atoms with Crippen LogP contribution < -0.4 is 14.9 Å². The lowest BCUT2D eigenvalue weighted by molar-refractivity contribution is -0.384. The third-order valence-electron chi connectivity index (χ3n) is 15.0. The van der Waals surface area contributed by atoms with Gasteiger partial charge in [0.25, 0.3) is 15.9 Å². The molecule has 11 rings (SSSR count). The number of pyridine rings is 2. The number of nitrogens with zero attached hydrogens (tertiary/aromatic N) is 7. The number of rotatable bonds is 12. The van der Waals surface area contributed by atoms with E-state index in [0.717, 1.165) is 80.9 Å². The van der Waals surface area contributed by atoms with Crippen LogP contribution in [0.25, 0.3) is 27.8 Å². The van der Waals surface area contributed by atoms with Crippen molar-refractivity contribution in [2.45, 2.75) is 106 Å². The summed E-state index contributed by atoms with van der Waals surface area (Å²) in [7, 11) is -4.59. The molecule has 2 saturated heterocycles. The van der Waals surface area contributed by atoms with Crippen LogP contribution in [-0.2, 0) is 10.0 Å². The Morgan fingerprint density at radius 1 is 0.906 bits per heavy atom. The summed E-state index contributed by atoms with van der Waals surface area (Å²) in [4.78, 5) is 42.4. The Morgan fingerprint density at radius 3 is 2.48 bits per heavy atom. The highest BCUT2D eigenvalue weighted by molar-refractivity contribution is 7.90. The minimum Gasteiger partial charge on any atom is -0.371 e. The topological polar surface area (TPSA) is 184 Å². The number of benzene rings is 2. The molecule has 1 spiro atoms. The fourth-order valence-corrected chi connectivity index (χ4v) is 12.3. The van der Waals surface area contributed by atoms with Gasteiger partial charge < -0.3 is 15.2 Å². The Hall–Kier alpha value is -5.87. The smallest absolute Gasteiger partial charge is 0.312 e. The summed E-state index contributed by atoms with van der Waals surface area (Å²) in [5.74, 6) is 0.212. The Bertz CT molecular complexity index is 2870. The van der Waals surface area contributed by atoms with Gasteiger partial charge in [-0.1, -0.05) is 43.5 Å². The molecule has 16 heteroatoms. The number of anilines is 2. The molecule has 3 aliphatic carbocycles. The molecule has 2 aliphatic heterocycles. The Labute approximate surface area is 372 Å². The van der Waals surface area contributed by atoms with Crippen molar-refractivity contribution in [2.75, 3.05) is 36.4 Å². The molecule has 6 aromatic rings. The van der Waals surface area contributed by atoms with E-state index in [0.29, 0.717) is 52.3 Å². The highest BCUT2D eigenvalue weighted by atomic mass is 32.2. The molecule has 5 aliphatic rings. The number of aromatic amines is 1. The number of piperidine rings is 1. The number of carbonyl (C=O) groups excluding carboxylic acids is 1. The van der Waals surface area contributed by atoms with Crippen molar-refractivity contribution in [3.05, 3.63) is 106 Å². The summed E-state index contributed by atoms with van der Waals surface area (Å²) < 4.78 is 31.5. The van der Waals surface area contributed by atoms with Crippen LogP contribution in [-0.4, -0.2) is 81.1 Å². The van der Waals surface area contributed by atoms with Crippen LogP contribution in [0.5, 0.6) is 0 Å². The zero-order chi connectivity index (χ0) is 43.6. The van der Waals surface area contributed by atoms with Crippen LogP contribution >= 0.6 is 0 Å². The minimum absolute atomic E-state index is 0.000661. The Kier molecular flexibility index (Phi) is 10.4. The van der Waals surface area contributed by atoms with Crippen molar-refractivity contribution in [2.24, 2.45) is 11.3 Å². The van der Waals surface area contributed by atoms with Gasteiger partial charge in [-0.2, -0.15) is 5.10 Å². The third-order valence-corrected chi connectivity index (χ3v) is 16.3. The van der Waals surface area contributed by atoms with Gasteiger partial charge in [0.15, 0.2) is 0 Å². The van der Waals surface area contributed by atoms with Gasteiger partial charge in [0.1, 0.15) is 16.1 Å². The molecular weight excluding hydrogens is 829 g/mol. The Balaban J connectivity index is 0.831. The van der Waals surface area contributed by atoms with Crippen LogP contribution in [0.3, 0.4) is 0 Å². The molecule has 15 nitrogen and oxygen atoms in total. The molecule has 1 atom stereocenters. The van der Waals surface area contributed by atoms with E-state index in [4.69, 9.17) is 4.98 Å². The molecule has 6 heterocycles. The second kappa shape index (κ2) is 16.3. The van der Waals surface area contributed by atoms with E-state index in [-0.39, 0.29) is 11.4 Å². The first-order valence-electron chi connectivity index (χ1n) is 23.1. The standard InChI is InChI=1S/C48H54N10O5S/c59-47(54-64(62,63)36-25-44(58(60)61)46(51-29-36)50-28-31-7-2-1-3-8-31)39-15-14-34(24-42(39)57-43-23-33-16-19-49-45(33)53-40(43)30-52-57)55-21-17-48(18-22-55)26-35(27-48)56-20-6-11-41(56)38-10-5-4-9-37(38)32-12-13-32/h4-5,9-10,14-16,19,23-25,29-32,35,41H,1-3,6-8,11-13,17-18,20-22,26-28H2,(H,49,53)(H,50,51)(H,54,59)/t41-/m1/s1. The van der Waals surface area contributed by atoms with Gasteiger partial charge in [-0.3, -0.25) is 19.8 Å². The zero-order valence-corrected chi connectivity index (χ0v) is 36.7. The summed E-state index contributed by atoms with van der Waals surface area (Å²) >= 11 is 0. The minimum atomic E-state index is -4.59. The molecule has 332 valence electrons. The predicted octanol–water partition coefficient (Wildman–Crippen LogP) is 8.78. The first kappa shape index (κ1) is 40.9. The molecule has 1 amide bonds. The molecule has 3 saturated carbocycles. The van der Waals surface area contributed by atoms with Gasteiger partial charge >= 0.3 is 5.69 Å². The van der Waals surface area contributed by atoms with Crippen molar-refractivity contribution in [1.82, 2.24) is 34.4 Å². The number of fused-ring (bicyclic) bond motifs is 2. The van der Waals surface area contributed by atoms with Crippen molar-refractivity contribution in [3.8, 4) is 5.69 Å². The van der Waals surface area contributed by atoms with E-state index in [1.54, 1.807) is 28.1 Å². The summed E-state index contributed by atoms with van der Waals surface area (Å²) in [5.41, 5.74) is 6.31. The summed E-state index contributed by atoms with van der Waals surface area (Å²) in [6.45, 7) is 3.41. The molecule has 0 bridgehead atoms. The molecule has 2 aromatic carbocycles. The summed E-state index contributed by atoms with van der Waals surface area (Å²) in [5, 5.41) is 20.7. The maximum absolute atomic E-state index is 14.2. The number of carbonyl (C=O) groups is 1. The monoisotopic (exact) mass is 882 g/mol. The first-order chi connectivity index (χ1) is 31.1. The second-order valence-electron chi connectivity index (χ2n) is 19.0. The van der Waals surface area contributed by atoms with Crippen LogP contribution in [0.15, 0.2) is 84.1 Å². The van der Waals surface area contributed by atoms with E-state index >= 15 is 0 Å². The summed E-state index contributed by atoms with van der Waals surface area (Å²) in [6, 6.07) is 20.5. The fraction of sp³-hybridized carbons (Fsp3) is 0.458. The van der Waals surface area contributed by atoms with Gasteiger partial charge in [0.2, 0.25) is 5.82 Å². The van der Waals surface area contributed by atoms with Crippen LogP contribution in [0.2, 0.25) is 0 Å². The van der Waals surface area contributed by atoms with E-state index in [2.05, 4.69) is 59.2 Å². The van der Waals surface area contributed by atoms with Gasteiger partial charge in [0, 0.05) is 55.1 Å². The number of likely N-dealkylation sites (tertiary alicyclic amines) is 1. The quantitative estimate of drug-likeness (QED) is 0.0789. The number of hydrogen-bond donors (Lipinski definition) is 3. The van der Waals surface area contributed by atoms with Crippen LogP contribution in [0.4, 0.5) is 17.2 Å². The highest BCUT2D eigenvalue weighted by Crippen LogP contribution is 2.55. The van der Waals surface area contributed by atoms with Crippen molar-refractivity contribution in [3.63, 3.8) is 0 Å². The van der Waals surface area contributed by atoms with E-state index in [1.165, 1.54) is 51.5 Å². The van der Waals surface area contributed by atoms with Gasteiger partial charge in [-0.15, -0.1) is 0 Å². The SMILES string of the molecule is O=C(NS(=O)(=O)c1cnc(NCC2CCCCC2)c([N+](=O)[O-])c1)c1ccc(N2CCC3(CC2)CC(N2CCC[C@@H]2c2ccccc2C2CC2)C3)cc1-n1ncc2nc3[nH]ccc3cc21. The summed E-state index contributed by atoms with van der Waals surface area (Å²) in [6.07, 6.45) is 19.7. The van der Waals surface area contributed by atoms with Crippen LogP contribution in [0, 0.1) is 21.4 Å². The lowest BCUT2D eigenvalue weighted by atomic mass is 9.59. The molecule has 0 unspecified atom stereocenters. The molecule has 5 fully saturated rings. The van der Waals surface area contributed by atoms with Crippen molar-refractivity contribution < 1.29 is 18.1 Å². The molecule has 0 radical (unpaired) electrons. The second-order valence-corrected chi connectivity index (χ2v) is 20.7. The normalized spacial score (nSPS) is 20.8. The maximum atomic E-state index is 14.2. The fourth-order valence-electron chi connectivity index (χ4n) is 11.4. The molecular formula is C48H54N10O5S. The molecule has 3 N–H and O–H groups in total. The zero-order valence-electron chi connectivity index (χ0n) is 35.9. The maximum Gasteiger partial charge on any atom is 0.312 e. The number of sulfonamides is 1. The lowest BCUT2D eigenvalue weighted by Gasteiger charge is -2.56. The van der Waals surface area contributed by atoms with Crippen molar-refractivity contribution >= 4 is 55.2 Å². The number of H-pyrrole nitrogens is 1. The lowest BCUT2D eigenvalue weighted by Crippen LogP contribution is -2.55. The van der Waals surface area contributed by atoms with Gasteiger partial charge in [0.05, 0.1) is 34.1 Å². The predicted molar refractivity (Wildman–Crippen MR) is 245 cm³/mol. The highest BCUT2D eigenvalue weighted by Gasteiger charge is 2.50. The van der Waals surface area contributed by atoms with Crippen LogP contribution in [0.1, 0.15) is 117 Å². The van der Waals surface area contributed by atoms with E-state index in [9.17, 15) is 23.3 Å². The molecule has 64 heavy (non-hydrogen) atoms. The number of nitrogens with one attached hydrogen (secondary N) is 3. The average Bonchev–Trinajstić information content (AvgIpc) is 3.63. The number of amides is 1. The largest absolute Gasteiger partial charge is 0.371 e. The van der Waals surface area contributed by atoms with E-state index < -0.39 is 31.4 Å². The van der Waals surface area contributed by atoms with E-state index in [1.807, 2.05) is 30.5 Å². The first-order valence-corrected chi connectivity index (χ1v) is 24.6. The van der Waals surface area contributed by atoms with Gasteiger partial charge in [-0.05, 0) is 129 Å². The number of hydrogen-bond acceptors (Lipinski definition) is 11. The average molecular weight is 883 g/mol. The Morgan fingerprint density at radius 2 is 1.70 bits per heavy atom. The third kappa shape index (κ3) is 7.67. The number of nitro groups is 1. The molecule has 4 aromatic heterocycles. The van der Waals surface area contributed by atoms with Gasteiger partial charge in [-0.25, -0.2) is 27.8 Å².